The molecule has 1 aromatic carbocycles. The predicted molar refractivity (Wildman–Crippen MR) is 66.6 cm³/mol. The highest BCUT2D eigenvalue weighted by Gasteiger charge is 2.11. The van der Waals surface area contributed by atoms with Gasteiger partial charge in [-0.25, -0.2) is 0 Å². The van der Waals surface area contributed by atoms with E-state index < -0.39 is 0 Å². The molecular weight excluding hydrogens is 236 g/mol. The molecule has 2 N–H and O–H groups in total. The van der Waals surface area contributed by atoms with E-state index in [0.717, 1.165) is 5.56 Å². The number of nitrogens with two attached hydrogens (primary N) is 1. The molecule has 0 amide bonds. The molecule has 0 aromatic heterocycles. The molecule has 90 valence electrons. The molecule has 0 unspecified atom stereocenters. The van der Waals surface area contributed by atoms with Gasteiger partial charge in [0.1, 0.15) is 0 Å². The molecule has 0 saturated carbocycles. The maximum absolute atomic E-state index is 11.4. The largest absolute Gasteiger partial charge is 0.466 e. The van der Waals surface area contributed by atoms with Crippen molar-refractivity contribution >= 4 is 18.6 Å². The first-order chi connectivity index (χ1) is 8.12. The Kier molecular flexibility index (Phi) is 5.01. The molecule has 5 heteroatoms. The molecule has 0 radical (unpaired) electrons. The minimum absolute atomic E-state index is 0.117. The van der Waals surface area contributed by atoms with E-state index in [-0.39, 0.29) is 18.9 Å². The lowest BCUT2D eigenvalue weighted by molar-refractivity contribution is -0.142. The first-order valence-corrected chi connectivity index (χ1v) is 5.67. The molecule has 0 aliphatic heterocycles. The van der Waals surface area contributed by atoms with Crippen LogP contribution in [0.3, 0.4) is 0 Å². The van der Waals surface area contributed by atoms with Crippen LogP contribution in [0, 0.1) is 11.3 Å². The zero-order chi connectivity index (χ0) is 12.8. The molecular formula is C12H14N2O2S. The SMILES string of the molecule is CCOC(=O)Cc1cc(C#N)c(CN)cc1S. The highest BCUT2D eigenvalue weighted by atomic mass is 32.1. The average Bonchev–Trinajstić information content (AvgIpc) is 2.31. The molecule has 0 aliphatic rings. The number of rotatable bonds is 4. The normalized spacial score (nSPS) is 9.76. The van der Waals surface area contributed by atoms with Crippen molar-refractivity contribution in [1.29, 1.82) is 5.26 Å². The van der Waals surface area contributed by atoms with E-state index in [2.05, 4.69) is 18.7 Å². The van der Waals surface area contributed by atoms with Crippen LogP contribution in [0.1, 0.15) is 23.6 Å². The van der Waals surface area contributed by atoms with Crippen molar-refractivity contribution in [3.63, 3.8) is 0 Å². The summed E-state index contributed by atoms with van der Waals surface area (Å²) in [5.41, 5.74) is 7.40. The fourth-order valence-electron chi connectivity index (χ4n) is 1.46. The Balaban J connectivity index is 3.01. The summed E-state index contributed by atoms with van der Waals surface area (Å²) in [6.45, 7) is 2.36. The number of hydrogen-bond donors (Lipinski definition) is 2. The Morgan fingerprint density at radius 3 is 2.76 bits per heavy atom. The molecule has 0 spiro atoms. The van der Waals surface area contributed by atoms with Gasteiger partial charge in [-0.2, -0.15) is 5.26 Å². The van der Waals surface area contributed by atoms with Crippen molar-refractivity contribution < 1.29 is 9.53 Å². The first kappa shape index (κ1) is 13.6. The number of benzene rings is 1. The summed E-state index contributed by atoms with van der Waals surface area (Å²) in [7, 11) is 0. The van der Waals surface area contributed by atoms with Crippen molar-refractivity contribution in [3.8, 4) is 6.07 Å². The highest BCUT2D eigenvalue weighted by Crippen LogP contribution is 2.20. The molecule has 17 heavy (non-hydrogen) atoms. The summed E-state index contributed by atoms with van der Waals surface area (Å²) in [4.78, 5) is 12.0. The van der Waals surface area contributed by atoms with Gasteiger partial charge in [-0.3, -0.25) is 4.79 Å². The number of nitrogens with zero attached hydrogens (tertiary/aromatic N) is 1. The van der Waals surface area contributed by atoms with Crippen LogP contribution >= 0.6 is 12.6 Å². The smallest absolute Gasteiger partial charge is 0.310 e. The Bertz CT molecular complexity index is 466. The van der Waals surface area contributed by atoms with Gasteiger partial charge in [0.25, 0.3) is 0 Å². The topological polar surface area (TPSA) is 76.1 Å². The highest BCUT2D eigenvalue weighted by molar-refractivity contribution is 7.80. The molecule has 0 aliphatic carbocycles. The lowest BCUT2D eigenvalue weighted by atomic mass is 10.0. The Morgan fingerprint density at radius 1 is 1.53 bits per heavy atom. The molecule has 4 nitrogen and oxygen atoms in total. The molecule has 1 aromatic rings. The first-order valence-electron chi connectivity index (χ1n) is 5.22. The van der Waals surface area contributed by atoms with Gasteiger partial charge in [-0.1, -0.05) is 0 Å². The van der Waals surface area contributed by atoms with E-state index in [9.17, 15) is 4.79 Å². The standard InChI is InChI=1S/C12H14N2O2S/c1-2-16-12(15)5-8-3-9(6-13)10(7-14)4-11(8)17/h3-4,17H,2,5,7,14H2,1H3. The van der Waals surface area contributed by atoms with Crippen LogP contribution in [0.15, 0.2) is 17.0 Å². The number of nitriles is 1. The maximum atomic E-state index is 11.4. The Labute approximate surface area is 106 Å². The number of ether oxygens (including phenoxy) is 1. The van der Waals surface area contributed by atoms with Crippen molar-refractivity contribution in [1.82, 2.24) is 0 Å². The van der Waals surface area contributed by atoms with Crippen LogP contribution in [-0.2, 0) is 22.5 Å². The zero-order valence-electron chi connectivity index (χ0n) is 9.56. The third-order valence-corrected chi connectivity index (χ3v) is 2.70. The van der Waals surface area contributed by atoms with Crippen molar-refractivity contribution in [2.75, 3.05) is 6.61 Å². The third-order valence-electron chi connectivity index (χ3n) is 2.28. The number of hydrogen-bond acceptors (Lipinski definition) is 5. The molecule has 0 saturated heterocycles. The van der Waals surface area contributed by atoms with Crippen LogP contribution in [0.2, 0.25) is 0 Å². The maximum Gasteiger partial charge on any atom is 0.310 e. The van der Waals surface area contributed by atoms with Crippen LogP contribution in [0.5, 0.6) is 0 Å². The minimum atomic E-state index is -0.327. The van der Waals surface area contributed by atoms with Crippen molar-refractivity contribution in [2.24, 2.45) is 5.73 Å². The number of esters is 1. The van der Waals surface area contributed by atoms with Gasteiger partial charge in [0.2, 0.25) is 0 Å². The molecule has 0 atom stereocenters. The van der Waals surface area contributed by atoms with E-state index >= 15 is 0 Å². The molecule has 0 heterocycles. The lowest BCUT2D eigenvalue weighted by Crippen LogP contribution is -2.09. The minimum Gasteiger partial charge on any atom is -0.466 e. The Morgan fingerprint density at radius 2 is 2.24 bits per heavy atom. The van der Waals surface area contributed by atoms with E-state index in [4.69, 9.17) is 15.7 Å². The van der Waals surface area contributed by atoms with Gasteiger partial charge in [-0.05, 0) is 30.2 Å². The van der Waals surface area contributed by atoms with Gasteiger partial charge in [0.05, 0.1) is 24.7 Å². The van der Waals surface area contributed by atoms with Crippen LogP contribution in [0.25, 0.3) is 0 Å². The second-order valence-corrected chi connectivity index (χ2v) is 3.92. The van der Waals surface area contributed by atoms with Crippen molar-refractivity contribution in [3.05, 3.63) is 28.8 Å². The number of carbonyl (C=O) groups excluding carboxylic acids is 1. The van der Waals surface area contributed by atoms with Gasteiger partial charge >= 0.3 is 5.97 Å². The Hall–Kier alpha value is -1.51. The second kappa shape index (κ2) is 6.28. The van der Waals surface area contributed by atoms with E-state index in [0.29, 0.717) is 22.6 Å². The van der Waals surface area contributed by atoms with Crippen LogP contribution in [0.4, 0.5) is 0 Å². The summed E-state index contributed by atoms with van der Waals surface area (Å²) >= 11 is 4.28. The predicted octanol–water partition coefficient (Wildman–Crippen LogP) is 1.41. The fraction of sp³-hybridized carbons (Fsp3) is 0.333. The summed E-state index contributed by atoms with van der Waals surface area (Å²) in [6.07, 6.45) is 0.117. The van der Waals surface area contributed by atoms with Gasteiger partial charge in [0, 0.05) is 11.4 Å². The van der Waals surface area contributed by atoms with Crippen LogP contribution in [-0.4, -0.2) is 12.6 Å². The number of thiol groups is 1. The number of carbonyl (C=O) groups is 1. The summed E-state index contributed by atoms with van der Waals surface area (Å²) < 4.78 is 4.85. The summed E-state index contributed by atoms with van der Waals surface area (Å²) in [5, 5.41) is 8.96. The molecule has 0 fully saturated rings. The second-order valence-electron chi connectivity index (χ2n) is 3.44. The van der Waals surface area contributed by atoms with E-state index in [1.165, 1.54) is 0 Å². The monoisotopic (exact) mass is 250 g/mol. The summed E-state index contributed by atoms with van der Waals surface area (Å²) in [6, 6.07) is 5.41. The van der Waals surface area contributed by atoms with Crippen molar-refractivity contribution in [2.45, 2.75) is 24.8 Å². The van der Waals surface area contributed by atoms with Gasteiger partial charge in [0.15, 0.2) is 0 Å². The zero-order valence-corrected chi connectivity index (χ0v) is 10.5. The van der Waals surface area contributed by atoms with Gasteiger partial charge < -0.3 is 10.5 Å². The average molecular weight is 250 g/mol. The van der Waals surface area contributed by atoms with Crippen LogP contribution < -0.4 is 5.73 Å². The quantitative estimate of drug-likeness (QED) is 0.626. The lowest BCUT2D eigenvalue weighted by Gasteiger charge is -2.08. The third kappa shape index (κ3) is 3.48. The van der Waals surface area contributed by atoms with Gasteiger partial charge in [-0.15, -0.1) is 12.6 Å². The summed E-state index contributed by atoms with van der Waals surface area (Å²) in [5.74, 6) is -0.327. The van der Waals surface area contributed by atoms with E-state index in [1.54, 1.807) is 19.1 Å². The fourth-order valence-corrected chi connectivity index (χ4v) is 1.76. The molecule has 1 rings (SSSR count). The van der Waals surface area contributed by atoms with E-state index in [1.807, 2.05) is 0 Å². The molecule has 0 bridgehead atoms.